The number of rotatable bonds is 0. The van der Waals surface area contributed by atoms with Gasteiger partial charge in [-0.1, -0.05) is 6.07 Å². The van der Waals surface area contributed by atoms with E-state index >= 15 is 0 Å². The third-order valence-corrected chi connectivity index (χ3v) is 3.15. The van der Waals surface area contributed by atoms with E-state index in [1.807, 2.05) is 6.07 Å². The molecule has 12 heavy (non-hydrogen) atoms. The van der Waals surface area contributed by atoms with E-state index in [0.717, 1.165) is 6.42 Å². The van der Waals surface area contributed by atoms with E-state index in [2.05, 4.69) is 0 Å². The molecule has 2 aliphatic rings. The first-order valence-electron chi connectivity index (χ1n) is 4.31. The third kappa shape index (κ3) is 0.661. The Morgan fingerprint density at radius 1 is 1.42 bits per heavy atom. The molecule has 0 saturated heterocycles. The zero-order valence-electron chi connectivity index (χ0n) is 6.63. The molecule has 0 bridgehead atoms. The number of hydrogen-bond acceptors (Lipinski definition) is 1. The van der Waals surface area contributed by atoms with Crippen molar-refractivity contribution >= 4 is 0 Å². The fourth-order valence-corrected chi connectivity index (χ4v) is 2.43. The van der Waals surface area contributed by atoms with Gasteiger partial charge in [0.05, 0.1) is 0 Å². The molecule has 1 aromatic rings. The van der Waals surface area contributed by atoms with Gasteiger partial charge in [0.2, 0.25) is 0 Å². The van der Waals surface area contributed by atoms with Crippen molar-refractivity contribution in [1.82, 2.24) is 0 Å². The van der Waals surface area contributed by atoms with Crippen LogP contribution in [0.15, 0.2) is 18.2 Å². The van der Waals surface area contributed by atoms with Crippen molar-refractivity contribution in [3.63, 3.8) is 0 Å². The second-order valence-electron chi connectivity index (χ2n) is 3.81. The monoisotopic (exact) mass is 163 g/mol. The molecule has 3 atom stereocenters. The van der Waals surface area contributed by atoms with Crippen LogP contribution >= 0.6 is 0 Å². The van der Waals surface area contributed by atoms with E-state index in [0.29, 0.717) is 17.9 Å². The van der Waals surface area contributed by atoms with E-state index in [-0.39, 0.29) is 5.82 Å². The maximum atomic E-state index is 12.8. The normalized spacial score (nSPS) is 36.0. The summed E-state index contributed by atoms with van der Waals surface area (Å²) < 4.78 is 12.8. The minimum Gasteiger partial charge on any atom is -0.327 e. The highest BCUT2D eigenvalue weighted by molar-refractivity contribution is 5.44. The highest BCUT2D eigenvalue weighted by Crippen LogP contribution is 2.54. The van der Waals surface area contributed by atoms with Gasteiger partial charge in [0.15, 0.2) is 0 Å². The molecular formula is C10H10FN. The largest absolute Gasteiger partial charge is 0.327 e. The lowest BCUT2D eigenvalue weighted by Crippen LogP contribution is -2.08. The summed E-state index contributed by atoms with van der Waals surface area (Å²) in [7, 11) is 0. The van der Waals surface area contributed by atoms with Crippen molar-refractivity contribution in [3.05, 3.63) is 35.1 Å². The number of halogens is 1. The number of hydrogen-bond donors (Lipinski definition) is 1. The summed E-state index contributed by atoms with van der Waals surface area (Å²) in [6, 6.07) is 5.42. The number of benzene rings is 1. The number of nitrogens with two attached hydrogens (primary N) is 1. The summed E-state index contributed by atoms with van der Waals surface area (Å²) in [5.41, 5.74) is 8.29. The lowest BCUT2D eigenvalue weighted by atomic mass is 10.1. The van der Waals surface area contributed by atoms with Crippen LogP contribution in [-0.4, -0.2) is 6.04 Å². The van der Waals surface area contributed by atoms with E-state index in [4.69, 9.17) is 5.73 Å². The SMILES string of the molecule is N[C@@H]1[C@H]2Cc3cc(F)ccc3[C@@H]12. The zero-order valence-corrected chi connectivity index (χ0v) is 6.63. The Balaban J connectivity index is 2.11. The Bertz CT molecular complexity index is 348. The fourth-order valence-electron chi connectivity index (χ4n) is 2.43. The van der Waals surface area contributed by atoms with Crippen LogP contribution < -0.4 is 5.73 Å². The summed E-state index contributed by atoms with van der Waals surface area (Å²) in [6.45, 7) is 0. The first kappa shape index (κ1) is 6.61. The average Bonchev–Trinajstić information content (AvgIpc) is 2.57. The quantitative estimate of drug-likeness (QED) is 0.615. The molecule has 1 saturated carbocycles. The highest BCUT2D eigenvalue weighted by Gasteiger charge is 2.53. The predicted octanol–water partition coefficient (Wildman–Crippen LogP) is 1.42. The van der Waals surface area contributed by atoms with Crippen molar-refractivity contribution in [3.8, 4) is 0 Å². The topological polar surface area (TPSA) is 26.0 Å². The van der Waals surface area contributed by atoms with Crippen LogP contribution in [0, 0.1) is 11.7 Å². The minimum absolute atomic E-state index is 0.122. The Morgan fingerprint density at radius 2 is 2.25 bits per heavy atom. The van der Waals surface area contributed by atoms with Crippen LogP contribution in [0.5, 0.6) is 0 Å². The van der Waals surface area contributed by atoms with Gasteiger partial charge >= 0.3 is 0 Å². The average molecular weight is 163 g/mol. The van der Waals surface area contributed by atoms with Crippen LogP contribution in [-0.2, 0) is 6.42 Å². The Morgan fingerprint density at radius 3 is 3.08 bits per heavy atom. The maximum Gasteiger partial charge on any atom is 0.123 e. The van der Waals surface area contributed by atoms with Crippen molar-refractivity contribution in [2.45, 2.75) is 18.4 Å². The van der Waals surface area contributed by atoms with Gasteiger partial charge in [0.25, 0.3) is 0 Å². The molecule has 2 N–H and O–H groups in total. The molecule has 1 fully saturated rings. The second-order valence-corrected chi connectivity index (χ2v) is 3.81. The van der Waals surface area contributed by atoms with Crippen LogP contribution in [0.25, 0.3) is 0 Å². The van der Waals surface area contributed by atoms with E-state index in [1.165, 1.54) is 17.2 Å². The summed E-state index contributed by atoms with van der Waals surface area (Å²) in [5.74, 6) is 1.03. The molecule has 0 aromatic heterocycles. The van der Waals surface area contributed by atoms with Crippen molar-refractivity contribution in [1.29, 1.82) is 0 Å². The van der Waals surface area contributed by atoms with Gasteiger partial charge in [-0.05, 0) is 35.6 Å². The fraction of sp³-hybridized carbons (Fsp3) is 0.400. The standard InChI is InChI=1S/C10H10FN/c11-6-1-2-7-5(3-6)4-8-9(7)10(8)12/h1-3,8-10H,4,12H2/t8-,9+,10+/m0/s1. The molecule has 2 aliphatic carbocycles. The van der Waals surface area contributed by atoms with Gasteiger partial charge in [-0.25, -0.2) is 4.39 Å². The summed E-state index contributed by atoms with van der Waals surface area (Å²) in [4.78, 5) is 0. The molecule has 0 spiro atoms. The maximum absolute atomic E-state index is 12.8. The molecule has 0 radical (unpaired) electrons. The van der Waals surface area contributed by atoms with Gasteiger partial charge in [0.1, 0.15) is 5.82 Å². The first-order valence-corrected chi connectivity index (χ1v) is 4.31. The lowest BCUT2D eigenvalue weighted by Gasteiger charge is -2.03. The third-order valence-electron chi connectivity index (χ3n) is 3.15. The van der Waals surface area contributed by atoms with Gasteiger partial charge in [0, 0.05) is 12.0 Å². The van der Waals surface area contributed by atoms with Gasteiger partial charge in [-0.15, -0.1) is 0 Å². The predicted molar refractivity (Wildman–Crippen MR) is 44.3 cm³/mol. The molecule has 0 amide bonds. The molecule has 1 nitrogen and oxygen atoms in total. The van der Waals surface area contributed by atoms with Crippen molar-refractivity contribution in [2.75, 3.05) is 0 Å². The number of fused-ring (bicyclic) bond motifs is 3. The van der Waals surface area contributed by atoms with E-state index in [1.54, 1.807) is 6.07 Å². The Kier molecular flexibility index (Phi) is 1.04. The highest BCUT2D eigenvalue weighted by atomic mass is 19.1. The molecular weight excluding hydrogens is 153 g/mol. The van der Waals surface area contributed by atoms with Crippen LogP contribution in [0.2, 0.25) is 0 Å². The van der Waals surface area contributed by atoms with Crippen LogP contribution in [0.1, 0.15) is 17.0 Å². The van der Waals surface area contributed by atoms with Gasteiger partial charge in [-0.2, -0.15) is 0 Å². The van der Waals surface area contributed by atoms with Crippen LogP contribution in [0.3, 0.4) is 0 Å². The van der Waals surface area contributed by atoms with Gasteiger partial charge in [-0.3, -0.25) is 0 Å². The Labute approximate surface area is 70.4 Å². The van der Waals surface area contributed by atoms with Crippen LogP contribution in [0.4, 0.5) is 4.39 Å². The van der Waals surface area contributed by atoms with E-state index in [9.17, 15) is 4.39 Å². The van der Waals surface area contributed by atoms with Crippen molar-refractivity contribution < 1.29 is 4.39 Å². The summed E-state index contributed by atoms with van der Waals surface area (Å²) >= 11 is 0. The first-order chi connectivity index (χ1) is 5.77. The molecule has 1 aromatic carbocycles. The molecule has 0 heterocycles. The smallest absolute Gasteiger partial charge is 0.123 e. The summed E-state index contributed by atoms with van der Waals surface area (Å²) in [5, 5.41) is 0. The molecule has 2 heteroatoms. The second kappa shape index (κ2) is 1.88. The van der Waals surface area contributed by atoms with Crippen molar-refractivity contribution in [2.24, 2.45) is 11.7 Å². The molecule has 0 aliphatic heterocycles. The minimum atomic E-state index is -0.122. The summed E-state index contributed by atoms with van der Waals surface area (Å²) in [6.07, 6.45) is 0.985. The molecule has 62 valence electrons. The zero-order chi connectivity index (χ0) is 8.29. The molecule has 0 unspecified atom stereocenters. The van der Waals surface area contributed by atoms with E-state index < -0.39 is 0 Å². The lowest BCUT2D eigenvalue weighted by molar-refractivity contribution is 0.624. The molecule has 3 rings (SSSR count). The Hall–Kier alpha value is -0.890. The van der Waals surface area contributed by atoms with Gasteiger partial charge < -0.3 is 5.73 Å².